The van der Waals surface area contributed by atoms with Crippen LogP contribution in [0.2, 0.25) is 0 Å². The Morgan fingerprint density at radius 3 is 2.94 bits per heavy atom. The number of rotatable bonds is 1. The lowest BCUT2D eigenvalue weighted by Gasteiger charge is -2.19. The second kappa shape index (κ2) is 4.40. The van der Waals surface area contributed by atoms with Gasteiger partial charge in [-0.3, -0.25) is 14.9 Å². The molecule has 0 spiro atoms. The van der Waals surface area contributed by atoms with E-state index >= 15 is 0 Å². The summed E-state index contributed by atoms with van der Waals surface area (Å²) >= 11 is 0. The number of carbonyl (C=O) groups is 1. The maximum Gasteiger partial charge on any atom is 0.273 e. The van der Waals surface area contributed by atoms with Crippen LogP contribution >= 0.6 is 0 Å². The molecule has 1 aromatic carbocycles. The molecule has 0 radical (unpaired) electrons. The Morgan fingerprint density at radius 2 is 2.29 bits per heavy atom. The molecule has 0 bridgehead atoms. The topological polar surface area (TPSA) is 72.7 Å². The number of benzene rings is 1. The summed E-state index contributed by atoms with van der Waals surface area (Å²) in [7, 11) is 0. The normalized spacial score (nSPS) is 14.5. The van der Waals surface area contributed by atoms with E-state index in [1.165, 1.54) is 19.1 Å². The Labute approximate surface area is 97.9 Å². The molecule has 6 nitrogen and oxygen atoms in total. The fourth-order valence-electron chi connectivity index (χ4n) is 1.81. The van der Waals surface area contributed by atoms with E-state index < -0.39 is 4.92 Å². The van der Waals surface area contributed by atoms with Gasteiger partial charge in [0, 0.05) is 19.5 Å². The highest BCUT2D eigenvalue weighted by molar-refractivity contribution is 5.93. The molecule has 1 heterocycles. The van der Waals surface area contributed by atoms with Gasteiger partial charge in [0.15, 0.2) is 0 Å². The van der Waals surface area contributed by atoms with Crippen LogP contribution in [0.4, 0.5) is 11.4 Å². The molecule has 0 atom stereocenters. The van der Waals surface area contributed by atoms with Crippen molar-refractivity contribution < 1.29 is 14.5 Å². The lowest BCUT2D eigenvalue weighted by molar-refractivity contribution is -0.384. The number of ether oxygens (including phenoxy) is 1. The quantitative estimate of drug-likeness (QED) is 0.549. The number of nitro groups is 1. The second-order valence-corrected chi connectivity index (χ2v) is 3.78. The van der Waals surface area contributed by atoms with Crippen molar-refractivity contribution >= 4 is 17.3 Å². The number of hydrogen-bond donors (Lipinski definition) is 0. The molecule has 0 unspecified atom stereocenters. The number of nitrogens with zero attached hydrogens (tertiary/aromatic N) is 2. The number of amides is 1. The summed E-state index contributed by atoms with van der Waals surface area (Å²) in [4.78, 5) is 23.2. The van der Waals surface area contributed by atoms with Crippen LogP contribution in [0.25, 0.3) is 0 Å². The molecule has 0 saturated heterocycles. The fourth-order valence-corrected chi connectivity index (χ4v) is 1.81. The van der Waals surface area contributed by atoms with E-state index in [2.05, 4.69) is 0 Å². The molecule has 0 saturated carbocycles. The number of non-ortho nitro benzene ring substituents is 1. The number of fused-ring (bicyclic) bond motifs is 1. The molecule has 90 valence electrons. The summed E-state index contributed by atoms with van der Waals surface area (Å²) in [6.45, 7) is 2.49. The van der Waals surface area contributed by atoms with Crippen LogP contribution in [0.1, 0.15) is 13.3 Å². The first-order valence-corrected chi connectivity index (χ1v) is 5.29. The molecule has 1 aliphatic heterocycles. The van der Waals surface area contributed by atoms with E-state index in [4.69, 9.17) is 4.74 Å². The average Bonchev–Trinajstić information content (AvgIpc) is 2.49. The van der Waals surface area contributed by atoms with Crippen molar-refractivity contribution in [1.82, 2.24) is 0 Å². The Morgan fingerprint density at radius 1 is 1.53 bits per heavy atom. The Hall–Kier alpha value is -2.11. The van der Waals surface area contributed by atoms with Gasteiger partial charge in [0.25, 0.3) is 5.69 Å². The van der Waals surface area contributed by atoms with Crippen molar-refractivity contribution in [3.63, 3.8) is 0 Å². The smallest absolute Gasteiger partial charge is 0.273 e. The molecular weight excluding hydrogens is 224 g/mol. The largest absolute Gasteiger partial charge is 0.491 e. The van der Waals surface area contributed by atoms with Crippen molar-refractivity contribution in [2.24, 2.45) is 0 Å². The molecule has 0 aromatic heterocycles. The standard InChI is InChI=1S/C11H12N2O4/c1-8(14)12-5-2-6-17-11-7-9(13(15)16)3-4-10(11)12/h3-4,7H,2,5-6H2,1H3. The van der Waals surface area contributed by atoms with E-state index in [0.717, 1.165) is 0 Å². The molecule has 2 rings (SSSR count). The van der Waals surface area contributed by atoms with Gasteiger partial charge in [0.2, 0.25) is 5.91 Å². The van der Waals surface area contributed by atoms with Gasteiger partial charge in [0.1, 0.15) is 5.75 Å². The third-order valence-corrected chi connectivity index (χ3v) is 2.61. The minimum atomic E-state index is -0.480. The number of nitro benzene ring substituents is 1. The molecule has 0 aliphatic carbocycles. The summed E-state index contributed by atoms with van der Waals surface area (Å²) in [5.74, 6) is 0.303. The van der Waals surface area contributed by atoms with Gasteiger partial charge in [0.05, 0.1) is 23.3 Å². The first-order valence-electron chi connectivity index (χ1n) is 5.29. The van der Waals surface area contributed by atoms with Crippen molar-refractivity contribution in [2.75, 3.05) is 18.1 Å². The first kappa shape index (κ1) is 11.4. The van der Waals surface area contributed by atoms with Crippen LogP contribution in [0, 0.1) is 10.1 Å². The van der Waals surface area contributed by atoms with Crippen molar-refractivity contribution in [3.05, 3.63) is 28.3 Å². The SMILES string of the molecule is CC(=O)N1CCCOc2cc([N+](=O)[O-])ccc21. The molecule has 17 heavy (non-hydrogen) atoms. The molecule has 6 heteroatoms. The minimum absolute atomic E-state index is 0.0332. The summed E-state index contributed by atoms with van der Waals surface area (Å²) in [6, 6.07) is 4.29. The van der Waals surface area contributed by atoms with Crippen LogP contribution < -0.4 is 9.64 Å². The summed E-state index contributed by atoms with van der Waals surface area (Å²) in [5, 5.41) is 10.7. The maximum atomic E-state index is 11.5. The average molecular weight is 236 g/mol. The molecule has 0 N–H and O–H groups in total. The van der Waals surface area contributed by atoms with Gasteiger partial charge < -0.3 is 9.64 Å². The third kappa shape index (κ3) is 2.20. The van der Waals surface area contributed by atoms with Crippen LogP contribution in [0.15, 0.2) is 18.2 Å². The Bertz CT molecular complexity index is 473. The lowest BCUT2D eigenvalue weighted by Crippen LogP contribution is -2.28. The molecule has 1 aliphatic rings. The molecular formula is C11H12N2O4. The summed E-state index contributed by atoms with van der Waals surface area (Å²) < 4.78 is 5.42. The van der Waals surface area contributed by atoms with E-state index in [1.807, 2.05) is 0 Å². The summed E-state index contributed by atoms with van der Waals surface area (Å²) in [5.41, 5.74) is 0.565. The zero-order valence-corrected chi connectivity index (χ0v) is 9.38. The highest BCUT2D eigenvalue weighted by atomic mass is 16.6. The second-order valence-electron chi connectivity index (χ2n) is 3.78. The van der Waals surface area contributed by atoms with Gasteiger partial charge in [-0.1, -0.05) is 0 Å². The Balaban J connectivity index is 2.46. The van der Waals surface area contributed by atoms with Gasteiger partial charge >= 0.3 is 0 Å². The van der Waals surface area contributed by atoms with Crippen LogP contribution in [-0.2, 0) is 4.79 Å². The monoisotopic (exact) mass is 236 g/mol. The maximum absolute atomic E-state index is 11.5. The van der Waals surface area contributed by atoms with Crippen molar-refractivity contribution in [2.45, 2.75) is 13.3 Å². The lowest BCUT2D eigenvalue weighted by atomic mass is 10.2. The van der Waals surface area contributed by atoms with Crippen LogP contribution in [-0.4, -0.2) is 24.0 Å². The minimum Gasteiger partial charge on any atom is -0.491 e. The summed E-state index contributed by atoms with van der Waals surface area (Å²) in [6.07, 6.45) is 0.710. The molecule has 1 amide bonds. The molecule has 0 fully saturated rings. The fraction of sp³-hybridized carbons (Fsp3) is 0.364. The number of hydrogen-bond acceptors (Lipinski definition) is 4. The molecule has 1 aromatic rings. The van der Waals surface area contributed by atoms with Gasteiger partial charge in [-0.2, -0.15) is 0 Å². The van der Waals surface area contributed by atoms with E-state index in [9.17, 15) is 14.9 Å². The highest BCUT2D eigenvalue weighted by Crippen LogP contribution is 2.34. The zero-order chi connectivity index (χ0) is 12.4. The highest BCUT2D eigenvalue weighted by Gasteiger charge is 2.21. The predicted molar refractivity (Wildman–Crippen MR) is 61.2 cm³/mol. The van der Waals surface area contributed by atoms with Gasteiger partial charge in [-0.25, -0.2) is 0 Å². The van der Waals surface area contributed by atoms with E-state index in [-0.39, 0.29) is 11.6 Å². The first-order chi connectivity index (χ1) is 8.09. The van der Waals surface area contributed by atoms with E-state index in [1.54, 1.807) is 11.0 Å². The van der Waals surface area contributed by atoms with Crippen LogP contribution in [0.3, 0.4) is 0 Å². The zero-order valence-electron chi connectivity index (χ0n) is 9.38. The predicted octanol–water partition coefficient (Wildman–Crippen LogP) is 1.73. The van der Waals surface area contributed by atoms with Crippen molar-refractivity contribution in [1.29, 1.82) is 0 Å². The van der Waals surface area contributed by atoms with Crippen LogP contribution in [0.5, 0.6) is 5.75 Å². The van der Waals surface area contributed by atoms with E-state index in [0.29, 0.717) is 31.0 Å². The third-order valence-electron chi connectivity index (χ3n) is 2.61. The Kier molecular flexibility index (Phi) is 2.95. The van der Waals surface area contributed by atoms with Gasteiger partial charge in [-0.05, 0) is 12.5 Å². The van der Waals surface area contributed by atoms with Gasteiger partial charge in [-0.15, -0.1) is 0 Å². The van der Waals surface area contributed by atoms with Crippen molar-refractivity contribution in [3.8, 4) is 5.75 Å². The number of anilines is 1. The number of carbonyl (C=O) groups excluding carboxylic acids is 1.